The summed E-state index contributed by atoms with van der Waals surface area (Å²) in [6.07, 6.45) is 0. The minimum absolute atomic E-state index is 0.240. The number of methoxy groups -OCH3 is 2. The maximum Gasteiger partial charge on any atom is 0.267 e. The van der Waals surface area contributed by atoms with Crippen molar-refractivity contribution in [3.8, 4) is 16.6 Å². The highest BCUT2D eigenvalue weighted by molar-refractivity contribution is 7.16. The first kappa shape index (κ1) is 17.9. The quantitative estimate of drug-likeness (QED) is 0.741. The van der Waals surface area contributed by atoms with E-state index in [0.717, 1.165) is 11.4 Å². The van der Waals surface area contributed by atoms with Gasteiger partial charge in [-0.2, -0.15) is 5.10 Å². The van der Waals surface area contributed by atoms with Crippen LogP contribution in [-0.4, -0.2) is 34.9 Å². The van der Waals surface area contributed by atoms with E-state index >= 15 is 0 Å². The Labute approximate surface area is 155 Å². The van der Waals surface area contributed by atoms with Gasteiger partial charge in [0.05, 0.1) is 31.3 Å². The first-order valence-corrected chi connectivity index (χ1v) is 8.79. The normalized spacial score (nSPS) is 10.7. The molecule has 0 aliphatic heterocycles. The smallest absolute Gasteiger partial charge is 0.267 e. The van der Waals surface area contributed by atoms with Crippen molar-refractivity contribution in [2.45, 2.75) is 20.8 Å². The van der Waals surface area contributed by atoms with Gasteiger partial charge in [-0.1, -0.05) is 11.3 Å². The van der Waals surface area contributed by atoms with Gasteiger partial charge in [-0.05, 0) is 39.0 Å². The molecular formula is C18H20N4O3S. The Morgan fingerprint density at radius 3 is 2.54 bits per heavy atom. The van der Waals surface area contributed by atoms with Crippen molar-refractivity contribution in [3.63, 3.8) is 0 Å². The van der Waals surface area contributed by atoms with Crippen molar-refractivity contribution in [2.24, 2.45) is 0 Å². The number of carbonyl (C=O) groups excluding carboxylic acids is 1. The summed E-state index contributed by atoms with van der Waals surface area (Å²) in [5, 5.41) is 7.97. The molecule has 1 amide bonds. The van der Waals surface area contributed by atoms with E-state index in [9.17, 15) is 4.79 Å². The summed E-state index contributed by atoms with van der Waals surface area (Å²) in [5.41, 5.74) is 3.10. The lowest BCUT2D eigenvalue weighted by Crippen LogP contribution is -2.12. The van der Waals surface area contributed by atoms with Crippen LogP contribution in [0.25, 0.3) is 5.13 Å². The average molecular weight is 372 g/mol. The number of hydrogen-bond donors (Lipinski definition) is 1. The zero-order valence-electron chi connectivity index (χ0n) is 15.3. The van der Waals surface area contributed by atoms with Gasteiger partial charge >= 0.3 is 0 Å². The standard InChI is InChI=1S/C18H20N4O3S/c1-10-8-11(2)22(21-10)18-19-12(3)16(26-18)17(23)20-14-7-6-13(24-4)9-15(14)25-5/h6-9H,1-5H3,(H,20,23). The Bertz CT molecular complexity index is 961. The molecule has 3 rings (SSSR count). The van der Waals surface area contributed by atoms with Gasteiger partial charge in [0.1, 0.15) is 16.4 Å². The molecule has 0 bridgehead atoms. The fourth-order valence-corrected chi connectivity index (χ4v) is 3.56. The van der Waals surface area contributed by atoms with Crippen LogP contribution in [0.5, 0.6) is 11.5 Å². The summed E-state index contributed by atoms with van der Waals surface area (Å²) in [7, 11) is 3.12. The van der Waals surface area contributed by atoms with Gasteiger partial charge in [0, 0.05) is 11.8 Å². The van der Waals surface area contributed by atoms with Gasteiger partial charge < -0.3 is 14.8 Å². The molecule has 0 aliphatic carbocycles. The van der Waals surface area contributed by atoms with Crippen molar-refractivity contribution in [3.05, 3.63) is 46.2 Å². The number of amides is 1. The molecule has 136 valence electrons. The minimum atomic E-state index is -0.240. The van der Waals surface area contributed by atoms with Crippen molar-refractivity contribution in [2.75, 3.05) is 19.5 Å². The van der Waals surface area contributed by atoms with E-state index in [0.29, 0.717) is 32.9 Å². The maximum atomic E-state index is 12.7. The first-order chi connectivity index (χ1) is 12.4. The molecule has 2 heterocycles. The number of ether oxygens (including phenoxy) is 2. The van der Waals surface area contributed by atoms with Crippen LogP contribution in [0.3, 0.4) is 0 Å². The predicted molar refractivity (Wildman–Crippen MR) is 101 cm³/mol. The molecule has 0 unspecified atom stereocenters. The topological polar surface area (TPSA) is 78.3 Å². The number of rotatable bonds is 5. The number of thiazole rings is 1. The number of nitrogens with one attached hydrogen (secondary N) is 1. The fourth-order valence-electron chi connectivity index (χ4n) is 2.59. The first-order valence-electron chi connectivity index (χ1n) is 7.97. The van der Waals surface area contributed by atoms with E-state index in [2.05, 4.69) is 15.4 Å². The summed E-state index contributed by atoms with van der Waals surface area (Å²) in [6.45, 7) is 5.69. The second-order valence-electron chi connectivity index (χ2n) is 5.77. The van der Waals surface area contributed by atoms with E-state index < -0.39 is 0 Å². The highest BCUT2D eigenvalue weighted by Gasteiger charge is 2.19. The summed E-state index contributed by atoms with van der Waals surface area (Å²) in [4.78, 5) is 17.8. The van der Waals surface area contributed by atoms with E-state index in [1.807, 2.05) is 26.8 Å². The van der Waals surface area contributed by atoms with Gasteiger partial charge in [0.15, 0.2) is 0 Å². The fraction of sp³-hybridized carbons (Fsp3) is 0.278. The molecule has 0 atom stereocenters. The monoisotopic (exact) mass is 372 g/mol. The van der Waals surface area contributed by atoms with E-state index in [1.165, 1.54) is 11.3 Å². The molecular weight excluding hydrogens is 352 g/mol. The van der Waals surface area contributed by atoms with Crippen LogP contribution in [0.15, 0.2) is 24.3 Å². The van der Waals surface area contributed by atoms with E-state index in [-0.39, 0.29) is 5.91 Å². The second kappa shape index (κ2) is 7.17. The van der Waals surface area contributed by atoms with Crippen molar-refractivity contribution in [1.82, 2.24) is 14.8 Å². The van der Waals surface area contributed by atoms with Gasteiger partial charge in [0.2, 0.25) is 5.13 Å². The summed E-state index contributed by atoms with van der Waals surface area (Å²) in [6, 6.07) is 7.20. The van der Waals surface area contributed by atoms with Gasteiger partial charge in [-0.25, -0.2) is 9.67 Å². The van der Waals surface area contributed by atoms with Crippen molar-refractivity contribution >= 4 is 22.9 Å². The predicted octanol–water partition coefficient (Wildman–Crippen LogP) is 3.52. The summed E-state index contributed by atoms with van der Waals surface area (Å²) < 4.78 is 12.3. The molecule has 3 aromatic rings. The van der Waals surface area contributed by atoms with Crippen LogP contribution in [0.1, 0.15) is 26.8 Å². The SMILES string of the molecule is COc1ccc(NC(=O)c2sc(-n3nc(C)cc3C)nc2C)c(OC)c1. The average Bonchev–Trinajstić information content (AvgIpc) is 3.16. The molecule has 0 aliphatic rings. The minimum Gasteiger partial charge on any atom is -0.497 e. The number of aromatic nitrogens is 3. The number of carbonyl (C=O) groups is 1. The number of benzene rings is 1. The molecule has 0 saturated heterocycles. The molecule has 0 spiro atoms. The van der Waals surface area contributed by atoms with Crippen LogP contribution in [0.4, 0.5) is 5.69 Å². The lowest BCUT2D eigenvalue weighted by Gasteiger charge is -2.11. The van der Waals surface area contributed by atoms with Crippen LogP contribution in [0.2, 0.25) is 0 Å². The van der Waals surface area contributed by atoms with Crippen molar-refractivity contribution < 1.29 is 14.3 Å². The summed E-state index contributed by atoms with van der Waals surface area (Å²) in [5.74, 6) is 0.940. The molecule has 0 saturated carbocycles. The molecule has 7 nitrogen and oxygen atoms in total. The number of nitrogens with zero attached hydrogens (tertiary/aromatic N) is 3. The molecule has 0 radical (unpaired) electrons. The molecule has 26 heavy (non-hydrogen) atoms. The third-order valence-corrected chi connectivity index (χ3v) is 4.97. The Balaban J connectivity index is 1.88. The van der Waals surface area contributed by atoms with Crippen LogP contribution < -0.4 is 14.8 Å². The Morgan fingerprint density at radius 2 is 1.92 bits per heavy atom. The van der Waals surface area contributed by atoms with Crippen LogP contribution in [0, 0.1) is 20.8 Å². The molecule has 1 N–H and O–H groups in total. The van der Waals surface area contributed by atoms with Crippen LogP contribution >= 0.6 is 11.3 Å². The van der Waals surface area contributed by atoms with E-state index in [1.54, 1.807) is 37.1 Å². The van der Waals surface area contributed by atoms with Gasteiger partial charge in [0.25, 0.3) is 5.91 Å². The largest absolute Gasteiger partial charge is 0.497 e. The summed E-state index contributed by atoms with van der Waals surface area (Å²) >= 11 is 1.30. The highest BCUT2D eigenvalue weighted by atomic mass is 32.1. The van der Waals surface area contributed by atoms with Crippen molar-refractivity contribution in [1.29, 1.82) is 0 Å². The lowest BCUT2D eigenvalue weighted by atomic mass is 10.2. The Morgan fingerprint density at radius 1 is 1.15 bits per heavy atom. The van der Waals surface area contributed by atoms with E-state index in [4.69, 9.17) is 9.47 Å². The zero-order chi connectivity index (χ0) is 18.8. The Kier molecular flexibility index (Phi) is 4.94. The number of hydrogen-bond acceptors (Lipinski definition) is 6. The third-order valence-electron chi connectivity index (χ3n) is 3.84. The number of anilines is 1. The maximum absolute atomic E-state index is 12.7. The highest BCUT2D eigenvalue weighted by Crippen LogP contribution is 2.30. The Hall–Kier alpha value is -2.87. The third kappa shape index (κ3) is 3.41. The molecule has 1 aromatic carbocycles. The molecule has 2 aromatic heterocycles. The van der Waals surface area contributed by atoms with Crippen LogP contribution in [-0.2, 0) is 0 Å². The van der Waals surface area contributed by atoms with Gasteiger partial charge in [-0.15, -0.1) is 0 Å². The molecule has 0 fully saturated rings. The van der Waals surface area contributed by atoms with Gasteiger partial charge in [-0.3, -0.25) is 4.79 Å². The second-order valence-corrected chi connectivity index (χ2v) is 6.75. The molecule has 8 heteroatoms. The zero-order valence-corrected chi connectivity index (χ0v) is 16.1. The number of aryl methyl sites for hydroxylation is 3. The lowest BCUT2D eigenvalue weighted by molar-refractivity contribution is 0.102.